The molecule has 0 fully saturated rings. The molecule has 0 aliphatic heterocycles. The summed E-state index contributed by atoms with van der Waals surface area (Å²) in [6.07, 6.45) is -6.37. The molecule has 0 radical (unpaired) electrons. The quantitative estimate of drug-likeness (QED) is 0.220. The number of esters is 1. The van der Waals surface area contributed by atoms with Crippen LogP contribution in [0.3, 0.4) is 0 Å². The Labute approximate surface area is 173 Å². The van der Waals surface area contributed by atoms with Crippen molar-refractivity contribution in [2.75, 3.05) is 0 Å². The first-order chi connectivity index (χ1) is 14.6. The Bertz CT molecular complexity index is 1130. The zero-order valence-electron chi connectivity index (χ0n) is 15.2. The molecule has 0 unspecified atom stereocenters. The van der Waals surface area contributed by atoms with E-state index >= 15 is 0 Å². The van der Waals surface area contributed by atoms with Crippen molar-refractivity contribution in [1.82, 2.24) is 4.72 Å². The number of alkyl halides is 3. The van der Waals surface area contributed by atoms with Gasteiger partial charge in [-0.2, -0.15) is 22.0 Å². The molecule has 0 aliphatic rings. The lowest BCUT2D eigenvalue weighted by molar-refractivity contribution is -0.171. The number of amides is 1. The highest BCUT2D eigenvalue weighted by molar-refractivity contribution is 7.90. The van der Waals surface area contributed by atoms with Gasteiger partial charge in [-0.25, -0.2) is 26.3 Å². The van der Waals surface area contributed by atoms with Crippen LogP contribution in [-0.2, 0) is 26.0 Å². The van der Waals surface area contributed by atoms with Crippen LogP contribution >= 0.6 is 0 Å². The van der Waals surface area contributed by atoms with Gasteiger partial charge in [0, 0.05) is 6.42 Å². The van der Waals surface area contributed by atoms with E-state index in [-0.39, 0.29) is 12.0 Å². The normalized spacial score (nSPS) is 11.9. The highest BCUT2D eigenvalue weighted by atomic mass is 32.2. The first-order valence-corrected chi connectivity index (χ1v) is 9.58. The van der Waals surface area contributed by atoms with Crippen LogP contribution < -0.4 is 9.46 Å². The minimum absolute atomic E-state index is 0.181. The second-order valence-electron chi connectivity index (χ2n) is 5.95. The number of halogens is 8. The van der Waals surface area contributed by atoms with Crippen molar-refractivity contribution in [3.8, 4) is 5.75 Å². The average molecular weight is 491 g/mol. The number of hydrogen-bond donors (Lipinski definition) is 1. The molecule has 0 aromatic heterocycles. The topological polar surface area (TPSA) is 89.5 Å². The minimum atomic E-state index is -5.44. The number of benzene rings is 2. The van der Waals surface area contributed by atoms with Gasteiger partial charge in [0.1, 0.15) is 0 Å². The van der Waals surface area contributed by atoms with Gasteiger partial charge in [-0.05, 0) is 24.1 Å². The van der Waals surface area contributed by atoms with Crippen molar-refractivity contribution in [2.45, 2.75) is 23.9 Å². The van der Waals surface area contributed by atoms with Gasteiger partial charge in [0.15, 0.2) is 0 Å². The number of rotatable bonds is 6. The van der Waals surface area contributed by atoms with E-state index in [1.165, 1.54) is 0 Å². The van der Waals surface area contributed by atoms with Crippen molar-refractivity contribution in [3.05, 3.63) is 58.9 Å². The molecular formula is C17H9F8NO5S. The Morgan fingerprint density at radius 1 is 0.844 bits per heavy atom. The maximum Gasteiger partial charge on any atom is 0.472 e. The summed E-state index contributed by atoms with van der Waals surface area (Å²) in [4.78, 5) is 21.7. The van der Waals surface area contributed by atoms with Crippen molar-refractivity contribution >= 4 is 21.9 Å². The smallest absolute Gasteiger partial charge is 0.420 e. The predicted octanol–water partition coefficient (Wildman–Crippen LogP) is 3.29. The summed E-state index contributed by atoms with van der Waals surface area (Å²) < 4.78 is 131. The number of ether oxygens (including phenoxy) is 1. The van der Waals surface area contributed by atoms with E-state index in [2.05, 4.69) is 4.74 Å². The molecule has 2 aromatic carbocycles. The summed E-state index contributed by atoms with van der Waals surface area (Å²) in [5.41, 5.74) is 0.181. The Morgan fingerprint density at radius 2 is 1.31 bits per heavy atom. The van der Waals surface area contributed by atoms with Gasteiger partial charge in [-0.3, -0.25) is 9.59 Å². The second-order valence-corrected chi connectivity index (χ2v) is 7.63. The van der Waals surface area contributed by atoms with Crippen LogP contribution in [0, 0.1) is 29.1 Å². The lowest BCUT2D eigenvalue weighted by atomic mass is 10.1. The number of sulfonamides is 1. The Balaban J connectivity index is 2.06. The molecule has 0 atom stereocenters. The van der Waals surface area contributed by atoms with E-state index in [1.54, 1.807) is 0 Å². The van der Waals surface area contributed by atoms with Gasteiger partial charge in [0.05, 0.1) is 4.90 Å². The fourth-order valence-corrected chi connectivity index (χ4v) is 3.13. The van der Waals surface area contributed by atoms with Crippen LogP contribution in [-0.4, -0.2) is 26.5 Å². The third-order valence-electron chi connectivity index (χ3n) is 3.72. The zero-order valence-corrected chi connectivity index (χ0v) is 16.0. The molecule has 1 amide bonds. The van der Waals surface area contributed by atoms with E-state index in [0.717, 1.165) is 29.0 Å². The van der Waals surface area contributed by atoms with E-state index < -0.39 is 74.2 Å². The fourth-order valence-electron chi connectivity index (χ4n) is 2.16. The van der Waals surface area contributed by atoms with E-state index in [1.807, 2.05) is 0 Å². The van der Waals surface area contributed by atoms with Gasteiger partial charge in [0.2, 0.25) is 34.8 Å². The molecule has 0 aliphatic carbocycles. The van der Waals surface area contributed by atoms with Crippen LogP contribution in [0.25, 0.3) is 0 Å². The predicted molar refractivity (Wildman–Crippen MR) is 88.0 cm³/mol. The summed E-state index contributed by atoms with van der Waals surface area (Å²) in [5.74, 6) is -17.7. The first kappa shape index (κ1) is 25.0. The molecule has 2 rings (SSSR count). The molecule has 15 heteroatoms. The Morgan fingerprint density at radius 3 is 1.78 bits per heavy atom. The first-order valence-electron chi connectivity index (χ1n) is 8.10. The van der Waals surface area contributed by atoms with Crippen LogP contribution in [0.2, 0.25) is 0 Å². The molecule has 0 saturated heterocycles. The summed E-state index contributed by atoms with van der Waals surface area (Å²) in [6, 6.07) is 3.68. The highest BCUT2D eigenvalue weighted by Gasteiger charge is 2.41. The highest BCUT2D eigenvalue weighted by Crippen LogP contribution is 2.29. The number of aryl methyl sites for hydroxylation is 1. The summed E-state index contributed by atoms with van der Waals surface area (Å²) in [6.45, 7) is 0. The number of hydrogen-bond acceptors (Lipinski definition) is 5. The molecule has 0 heterocycles. The van der Waals surface area contributed by atoms with Crippen LogP contribution in [0.1, 0.15) is 12.0 Å². The Kier molecular flexibility index (Phi) is 7.12. The molecule has 6 nitrogen and oxygen atoms in total. The molecule has 0 saturated carbocycles. The summed E-state index contributed by atoms with van der Waals surface area (Å²) in [5, 5.41) is 0. The van der Waals surface area contributed by atoms with Gasteiger partial charge in [-0.1, -0.05) is 12.1 Å². The minimum Gasteiger partial charge on any atom is -0.420 e. The van der Waals surface area contributed by atoms with Crippen molar-refractivity contribution in [2.24, 2.45) is 0 Å². The standard InChI is InChI=1S/C17H9F8NO5S/c18-10-11(19)13(21)15(14(22)12(10)20)31-9(27)6-3-7-1-4-8(5-2-7)32(29,30)26-16(28)17(23,24)25/h1-2,4-5H,3,6H2,(H,26,28). The molecule has 0 bridgehead atoms. The SMILES string of the molecule is O=C(CCc1ccc(S(=O)(=O)NC(=O)C(F)(F)F)cc1)Oc1c(F)c(F)c(F)c(F)c1F. The molecule has 0 spiro atoms. The molecule has 174 valence electrons. The molecular weight excluding hydrogens is 482 g/mol. The lowest BCUT2D eigenvalue weighted by Gasteiger charge is -2.10. The largest absolute Gasteiger partial charge is 0.472 e. The fraction of sp³-hybridized carbons (Fsp3) is 0.176. The monoisotopic (exact) mass is 491 g/mol. The van der Waals surface area contributed by atoms with Gasteiger partial charge < -0.3 is 4.74 Å². The van der Waals surface area contributed by atoms with Crippen LogP contribution in [0.4, 0.5) is 35.1 Å². The second kappa shape index (κ2) is 9.10. The van der Waals surface area contributed by atoms with Crippen LogP contribution in [0.15, 0.2) is 29.2 Å². The van der Waals surface area contributed by atoms with Crippen LogP contribution in [0.5, 0.6) is 5.75 Å². The lowest BCUT2D eigenvalue weighted by Crippen LogP contribution is -2.40. The maximum absolute atomic E-state index is 13.5. The van der Waals surface area contributed by atoms with E-state index in [4.69, 9.17) is 0 Å². The molecule has 1 N–H and O–H groups in total. The maximum atomic E-state index is 13.5. The molecule has 32 heavy (non-hydrogen) atoms. The van der Waals surface area contributed by atoms with Gasteiger partial charge in [-0.15, -0.1) is 0 Å². The number of carbonyl (C=O) groups is 2. The molecule has 2 aromatic rings. The number of carbonyl (C=O) groups excluding carboxylic acids is 2. The van der Waals surface area contributed by atoms with Crippen molar-refractivity contribution in [3.63, 3.8) is 0 Å². The van der Waals surface area contributed by atoms with E-state index in [9.17, 15) is 53.1 Å². The third-order valence-corrected chi connectivity index (χ3v) is 5.07. The summed E-state index contributed by atoms with van der Waals surface area (Å²) in [7, 11) is -4.85. The zero-order chi connectivity index (χ0) is 24.4. The summed E-state index contributed by atoms with van der Waals surface area (Å²) >= 11 is 0. The van der Waals surface area contributed by atoms with Gasteiger partial charge >= 0.3 is 18.1 Å². The van der Waals surface area contributed by atoms with Gasteiger partial charge in [0.25, 0.3) is 10.0 Å². The van der Waals surface area contributed by atoms with Crippen molar-refractivity contribution in [1.29, 1.82) is 0 Å². The van der Waals surface area contributed by atoms with Crippen molar-refractivity contribution < 1.29 is 57.9 Å². The average Bonchev–Trinajstić information content (AvgIpc) is 2.71. The number of nitrogens with one attached hydrogen (secondary N) is 1. The van der Waals surface area contributed by atoms with E-state index in [0.29, 0.717) is 0 Å². The Hall–Kier alpha value is -3.23. The third kappa shape index (κ3) is 5.52.